The van der Waals surface area contributed by atoms with Crippen LogP contribution in [0.2, 0.25) is 0 Å². The fourth-order valence-electron chi connectivity index (χ4n) is 4.14. The smallest absolute Gasteiger partial charge is 0.224 e. The van der Waals surface area contributed by atoms with Crippen molar-refractivity contribution in [1.82, 2.24) is 25.6 Å². The zero-order valence-electron chi connectivity index (χ0n) is 15.6. The second kappa shape index (κ2) is 7.93. The predicted molar refractivity (Wildman–Crippen MR) is 110 cm³/mol. The number of hydrogen-bond donors (Lipinski definition) is 3. The number of carbonyl (C=O) groups is 1. The number of nitrogens with one attached hydrogen (secondary N) is 3. The zero-order chi connectivity index (χ0) is 19.1. The van der Waals surface area contributed by atoms with Crippen LogP contribution in [0.1, 0.15) is 5.82 Å². The van der Waals surface area contributed by atoms with Gasteiger partial charge in [0.05, 0.1) is 23.6 Å². The fraction of sp³-hybridized carbons (Fsp3) is 0.286. The number of imidazole rings is 1. The first kappa shape index (κ1) is 19.5. The Morgan fingerprint density at radius 3 is 2.72 bits per heavy atom. The van der Waals surface area contributed by atoms with Crippen molar-refractivity contribution in [2.24, 2.45) is 17.8 Å². The molecule has 1 aliphatic heterocycles. The molecule has 2 fully saturated rings. The summed E-state index contributed by atoms with van der Waals surface area (Å²) in [5.41, 5.74) is 2.71. The SMILES string of the molecule is Cl.O=C(NCc1nc(-c2cccc(F)c2)c(-c2ccccn2)[nH]1)C1[C@H]2CNC[C@@H]12. The third-order valence-corrected chi connectivity index (χ3v) is 5.60. The summed E-state index contributed by atoms with van der Waals surface area (Å²) in [5.74, 6) is 1.45. The van der Waals surface area contributed by atoms with E-state index in [9.17, 15) is 9.18 Å². The first-order valence-electron chi connectivity index (χ1n) is 9.45. The molecule has 1 aromatic carbocycles. The van der Waals surface area contributed by atoms with Gasteiger partial charge < -0.3 is 15.6 Å². The molecule has 0 radical (unpaired) electrons. The van der Waals surface area contributed by atoms with Crippen molar-refractivity contribution in [2.75, 3.05) is 13.1 Å². The van der Waals surface area contributed by atoms with Crippen molar-refractivity contribution in [3.63, 3.8) is 0 Å². The molecule has 1 amide bonds. The van der Waals surface area contributed by atoms with Crippen molar-refractivity contribution in [2.45, 2.75) is 6.54 Å². The number of aromatic nitrogens is 3. The van der Waals surface area contributed by atoms with Gasteiger partial charge in [0, 0.05) is 17.7 Å². The van der Waals surface area contributed by atoms with Gasteiger partial charge in [0.2, 0.25) is 5.91 Å². The normalized spacial score (nSPS) is 21.9. The van der Waals surface area contributed by atoms with Gasteiger partial charge in [0.25, 0.3) is 0 Å². The van der Waals surface area contributed by atoms with Crippen LogP contribution in [0.15, 0.2) is 48.7 Å². The van der Waals surface area contributed by atoms with E-state index in [-0.39, 0.29) is 30.0 Å². The van der Waals surface area contributed by atoms with Gasteiger partial charge in [-0.05, 0) is 49.2 Å². The average Bonchev–Trinajstić information content (AvgIpc) is 3.07. The lowest BCUT2D eigenvalue weighted by molar-refractivity contribution is -0.123. The van der Waals surface area contributed by atoms with E-state index < -0.39 is 0 Å². The van der Waals surface area contributed by atoms with Gasteiger partial charge in [-0.25, -0.2) is 9.37 Å². The molecule has 0 spiro atoms. The molecule has 3 atom stereocenters. The van der Waals surface area contributed by atoms with Crippen molar-refractivity contribution in [1.29, 1.82) is 0 Å². The lowest BCUT2D eigenvalue weighted by Crippen LogP contribution is -2.29. The van der Waals surface area contributed by atoms with Gasteiger partial charge in [0.15, 0.2) is 0 Å². The zero-order valence-corrected chi connectivity index (χ0v) is 16.4. The third-order valence-electron chi connectivity index (χ3n) is 5.60. The highest BCUT2D eigenvalue weighted by molar-refractivity contribution is 5.85. The molecule has 2 aliphatic rings. The Balaban J connectivity index is 0.00000205. The molecule has 0 bridgehead atoms. The van der Waals surface area contributed by atoms with Crippen LogP contribution in [-0.4, -0.2) is 33.9 Å². The highest BCUT2D eigenvalue weighted by Crippen LogP contribution is 2.48. The van der Waals surface area contributed by atoms with E-state index >= 15 is 0 Å². The second-order valence-corrected chi connectivity index (χ2v) is 7.36. The van der Waals surface area contributed by atoms with Crippen LogP contribution in [-0.2, 0) is 11.3 Å². The maximum atomic E-state index is 13.7. The number of aromatic amines is 1. The summed E-state index contributed by atoms with van der Waals surface area (Å²) in [7, 11) is 0. The van der Waals surface area contributed by atoms with Crippen molar-refractivity contribution in [3.05, 3.63) is 60.3 Å². The van der Waals surface area contributed by atoms with Gasteiger partial charge in [-0.2, -0.15) is 0 Å². The number of pyridine rings is 1. The summed E-state index contributed by atoms with van der Waals surface area (Å²) in [4.78, 5) is 24.7. The van der Waals surface area contributed by atoms with Gasteiger partial charge >= 0.3 is 0 Å². The molecule has 6 nitrogen and oxygen atoms in total. The number of halogens is 2. The molecule has 8 heteroatoms. The van der Waals surface area contributed by atoms with E-state index in [1.807, 2.05) is 24.3 Å². The third kappa shape index (κ3) is 3.75. The first-order chi connectivity index (χ1) is 13.7. The number of benzene rings is 1. The standard InChI is InChI=1S/C21H20FN5O.ClH/c22-13-5-3-4-12(8-13)19-20(16-6-1-2-7-24-16)27-17(26-19)11-25-21(28)18-14-9-23-10-15(14)18;/h1-8,14-15,18,23H,9-11H2,(H,25,28)(H,26,27);1H/t14-,15+,18?;. The Labute approximate surface area is 173 Å². The van der Waals surface area contributed by atoms with E-state index in [1.54, 1.807) is 12.3 Å². The summed E-state index contributed by atoms with van der Waals surface area (Å²) < 4.78 is 13.7. The van der Waals surface area contributed by atoms with Crippen LogP contribution in [0.4, 0.5) is 4.39 Å². The Morgan fingerprint density at radius 2 is 2.00 bits per heavy atom. The molecule has 29 heavy (non-hydrogen) atoms. The van der Waals surface area contributed by atoms with Crippen LogP contribution in [0.3, 0.4) is 0 Å². The summed E-state index contributed by atoms with van der Waals surface area (Å²) in [6.45, 7) is 2.16. The van der Waals surface area contributed by atoms with Crippen LogP contribution in [0.25, 0.3) is 22.6 Å². The number of amides is 1. The number of fused-ring (bicyclic) bond motifs is 1. The maximum absolute atomic E-state index is 13.7. The Morgan fingerprint density at radius 1 is 1.17 bits per heavy atom. The quantitative estimate of drug-likeness (QED) is 0.600. The first-order valence-corrected chi connectivity index (χ1v) is 9.45. The second-order valence-electron chi connectivity index (χ2n) is 7.36. The maximum Gasteiger partial charge on any atom is 0.224 e. The topological polar surface area (TPSA) is 82.7 Å². The molecule has 1 saturated heterocycles. The van der Waals surface area contributed by atoms with E-state index in [0.29, 0.717) is 41.2 Å². The van der Waals surface area contributed by atoms with Crippen LogP contribution in [0, 0.1) is 23.6 Å². The predicted octanol–water partition coefficient (Wildman–Crippen LogP) is 2.78. The summed E-state index contributed by atoms with van der Waals surface area (Å²) >= 11 is 0. The van der Waals surface area contributed by atoms with Crippen molar-refractivity contribution in [3.8, 4) is 22.6 Å². The Bertz CT molecular complexity index is 1010. The van der Waals surface area contributed by atoms with E-state index in [2.05, 4.69) is 25.6 Å². The molecule has 3 aromatic rings. The van der Waals surface area contributed by atoms with E-state index in [0.717, 1.165) is 18.8 Å². The van der Waals surface area contributed by atoms with Crippen molar-refractivity contribution < 1.29 is 9.18 Å². The van der Waals surface area contributed by atoms with Crippen LogP contribution < -0.4 is 10.6 Å². The number of hydrogen-bond acceptors (Lipinski definition) is 4. The minimum atomic E-state index is -0.323. The lowest BCUT2D eigenvalue weighted by Gasteiger charge is -2.05. The van der Waals surface area contributed by atoms with Gasteiger partial charge in [-0.3, -0.25) is 9.78 Å². The Hall–Kier alpha value is -2.77. The largest absolute Gasteiger partial charge is 0.349 e. The van der Waals surface area contributed by atoms with E-state index in [4.69, 9.17) is 0 Å². The molecular formula is C21H21ClFN5O. The van der Waals surface area contributed by atoms with Gasteiger partial charge in [-0.1, -0.05) is 18.2 Å². The molecular weight excluding hydrogens is 393 g/mol. The molecule has 1 unspecified atom stereocenters. The average molecular weight is 414 g/mol. The minimum Gasteiger partial charge on any atom is -0.349 e. The highest BCUT2D eigenvalue weighted by Gasteiger charge is 2.56. The van der Waals surface area contributed by atoms with Gasteiger partial charge in [0.1, 0.15) is 11.6 Å². The van der Waals surface area contributed by atoms with Gasteiger partial charge in [-0.15, -0.1) is 12.4 Å². The molecule has 1 saturated carbocycles. The number of H-pyrrole nitrogens is 1. The highest BCUT2D eigenvalue weighted by atomic mass is 35.5. The molecule has 2 aromatic heterocycles. The molecule has 1 aliphatic carbocycles. The summed E-state index contributed by atoms with van der Waals surface area (Å²) in [5, 5.41) is 6.29. The van der Waals surface area contributed by atoms with Crippen LogP contribution >= 0.6 is 12.4 Å². The van der Waals surface area contributed by atoms with E-state index in [1.165, 1.54) is 12.1 Å². The number of carbonyl (C=O) groups excluding carboxylic acids is 1. The molecule has 5 rings (SSSR count). The summed E-state index contributed by atoms with van der Waals surface area (Å²) in [6, 6.07) is 11.9. The number of rotatable bonds is 5. The van der Waals surface area contributed by atoms with Crippen LogP contribution in [0.5, 0.6) is 0 Å². The lowest BCUT2D eigenvalue weighted by atomic mass is 10.1. The Kier molecular flexibility index (Phi) is 5.34. The molecule has 3 heterocycles. The monoisotopic (exact) mass is 413 g/mol. The minimum absolute atomic E-state index is 0. The molecule has 3 N–H and O–H groups in total. The fourth-order valence-corrected chi connectivity index (χ4v) is 4.14. The summed E-state index contributed by atoms with van der Waals surface area (Å²) in [6.07, 6.45) is 1.70. The molecule has 150 valence electrons. The number of piperidine rings is 1. The van der Waals surface area contributed by atoms with Crippen molar-refractivity contribution >= 4 is 18.3 Å². The number of nitrogens with zero attached hydrogens (tertiary/aromatic N) is 2.